The zero-order chi connectivity index (χ0) is 14.5. The number of carbonyl (C=O) groups excluding carboxylic acids is 1. The first-order valence-corrected chi connectivity index (χ1v) is 8.71. The first-order chi connectivity index (χ1) is 10.3. The maximum Gasteiger partial charge on any atom is 0.223 e. The number of rotatable bonds is 4. The Morgan fingerprint density at radius 3 is 2.76 bits per heavy atom. The molecule has 2 aliphatic heterocycles. The van der Waals surface area contributed by atoms with Crippen LogP contribution in [0.2, 0.25) is 0 Å². The molecular formula is C15H23N3O2S. The molecule has 2 aliphatic rings. The van der Waals surface area contributed by atoms with Crippen molar-refractivity contribution >= 4 is 22.4 Å². The lowest BCUT2D eigenvalue weighted by Crippen LogP contribution is -2.41. The Balaban J connectivity index is 1.38. The average molecular weight is 309 g/mol. The van der Waals surface area contributed by atoms with Crippen molar-refractivity contribution in [1.82, 2.24) is 10.3 Å². The van der Waals surface area contributed by atoms with Crippen LogP contribution in [0, 0.1) is 11.8 Å². The SMILES string of the molecule is O=C(NCC1CCN(c2nccs2)CC1)C1CCOCC1. The number of aromatic nitrogens is 1. The van der Waals surface area contributed by atoms with Crippen molar-refractivity contribution in [3.63, 3.8) is 0 Å². The van der Waals surface area contributed by atoms with E-state index in [0.29, 0.717) is 5.92 Å². The summed E-state index contributed by atoms with van der Waals surface area (Å²) in [7, 11) is 0. The lowest BCUT2D eigenvalue weighted by Gasteiger charge is -2.32. The molecular weight excluding hydrogens is 286 g/mol. The highest BCUT2D eigenvalue weighted by molar-refractivity contribution is 7.13. The van der Waals surface area contributed by atoms with Crippen molar-refractivity contribution in [3.8, 4) is 0 Å². The minimum atomic E-state index is 0.161. The molecule has 3 rings (SSSR count). The summed E-state index contributed by atoms with van der Waals surface area (Å²) in [6.07, 6.45) is 5.87. The summed E-state index contributed by atoms with van der Waals surface area (Å²) < 4.78 is 5.30. The number of nitrogens with one attached hydrogen (secondary N) is 1. The molecule has 0 saturated carbocycles. The number of hydrogen-bond acceptors (Lipinski definition) is 5. The number of anilines is 1. The van der Waals surface area contributed by atoms with E-state index in [-0.39, 0.29) is 11.8 Å². The molecule has 5 nitrogen and oxygen atoms in total. The monoisotopic (exact) mass is 309 g/mol. The smallest absolute Gasteiger partial charge is 0.223 e. The minimum Gasteiger partial charge on any atom is -0.381 e. The van der Waals surface area contributed by atoms with Gasteiger partial charge in [-0.2, -0.15) is 0 Å². The molecule has 116 valence electrons. The van der Waals surface area contributed by atoms with Gasteiger partial charge in [0.2, 0.25) is 5.91 Å². The van der Waals surface area contributed by atoms with Gasteiger partial charge in [-0.3, -0.25) is 4.79 Å². The van der Waals surface area contributed by atoms with Crippen molar-refractivity contribution in [3.05, 3.63) is 11.6 Å². The summed E-state index contributed by atoms with van der Waals surface area (Å²) in [4.78, 5) is 18.8. The number of carbonyl (C=O) groups is 1. The van der Waals surface area contributed by atoms with Gasteiger partial charge in [0.15, 0.2) is 5.13 Å². The van der Waals surface area contributed by atoms with Gasteiger partial charge in [-0.25, -0.2) is 4.98 Å². The van der Waals surface area contributed by atoms with Crippen LogP contribution in [0.1, 0.15) is 25.7 Å². The largest absolute Gasteiger partial charge is 0.381 e. The molecule has 3 heterocycles. The van der Waals surface area contributed by atoms with Gasteiger partial charge in [0, 0.05) is 50.3 Å². The molecule has 2 saturated heterocycles. The van der Waals surface area contributed by atoms with Gasteiger partial charge in [-0.05, 0) is 31.6 Å². The average Bonchev–Trinajstić information content (AvgIpc) is 3.08. The quantitative estimate of drug-likeness (QED) is 0.923. The summed E-state index contributed by atoms with van der Waals surface area (Å²) in [6, 6.07) is 0. The predicted octanol–water partition coefficient (Wildman–Crippen LogP) is 1.90. The molecule has 1 amide bonds. The maximum atomic E-state index is 12.1. The summed E-state index contributed by atoms with van der Waals surface area (Å²) in [6.45, 7) is 4.37. The van der Waals surface area contributed by atoms with Gasteiger partial charge in [0.05, 0.1) is 0 Å². The van der Waals surface area contributed by atoms with Crippen LogP contribution in [0.4, 0.5) is 5.13 Å². The zero-order valence-electron chi connectivity index (χ0n) is 12.3. The van der Waals surface area contributed by atoms with Gasteiger partial charge < -0.3 is 15.0 Å². The van der Waals surface area contributed by atoms with E-state index in [4.69, 9.17) is 4.74 Å². The Morgan fingerprint density at radius 2 is 2.10 bits per heavy atom. The molecule has 6 heteroatoms. The van der Waals surface area contributed by atoms with Crippen LogP contribution in [0.5, 0.6) is 0 Å². The van der Waals surface area contributed by atoms with Gasteiger partial charge in [0.25, 0.3) is 0 Å². The molecule has 0 bridgehead atoms. The Labute approximate surface area is 129 Å². The van der Waals surface area contributed by atoms with Crippen LogP contribution in [-0.2, 0) is 9.53 Å². The van der Waals surface area contributed by atoms with E-state index >= 15 is 0 Å². The Morgan fingerprint density at radius 1 is 1.33 bits per heavy atom. The van der Waals surface area contributed by atoms with Crippen LogP contribution in [0.25, 0.3) is 0 Å². The number of amides is 1. The van der Waals surface area contributed by atoms with Crippen LogP contribution in [-0.4, -0.2) is 43.7 Å². The Bertz CT molecular complexity index is 438. The van der Waals surface area contributed by atoms with E-state index in [0.717, 1.165) is 63.7 Å². The van der Waals surface area contributed by atoms with Gasteiger partial charge in [-0.15, -0.1) is 11.3 Å². The number of nitrogens with zero attached hydrogens (tertiary/aromatic N) is 2. The Hall–Kier alpha value is -1.14. The summed E-state index contributed by atoms with van der Waals surface area (Å²) in [5, 5.41) is 6.29. The third-order valence-electron chi connectivity index (χ3n) is 4.46. The van der Waals surface area contributed by atoms with Gasteiger partial charge in [0.1, 0.15) is 0 Å². The molecule has 0 aromatic carbocycles. The van der Waals surface area contributed by atoms with E-state index in [2.05, 4.69) is 15.2 Å². The van der Waals surface area contributed by atoms with Crippen LogP contribution < -0.4 is 10.2 Å². The normalized spacial score (nSPS) is 21.4. The van der Waals surface area contributed by atoms with Crippen molar-refractivity contribution in [1.29, 1.82) is 0 Å². The fourth-order valence-electron chi connectivity index (χ4n) is 3.05. The molecule has 0 atom stereocenters. The van der Waals surface area contributed by atoms with Crippen molar-refractivity contribution in [2.45, 2.75) is 25.7 Å². The second-order valence-electron chi connectivity index (χ2n) is 5.88. The standard InChI is InChI=1S/C15H23N3O2S/c19-14(13-3-8-20-9-4-13)17-11-12-1-6-18(7-2-12)15-16-5-10-21-15/h5,10,12-13H,1-4,6-9,11H2,(H,17,19). The predicted molar refractivity (Wildman–Crippen MR) is 83.6 cm³/mol. The van der Waals surface area contributed by atoms with E-state index in [1.807, 2.05) is 11.6 Å². The maximum absolute atomic E-state index is 12.1. The highest BCUT2D eigenvalue weighted by Crippen LogP contribution is 2.24. The minimum absolute atomic E-state index is 0.161. The fourth-order valence-corrected chi connectivity index (χ4v) is 3.75. The van der Waals surface area contributed by atoms with Crippen molar-refractivity contribution in [2.75, 3.05) is 37.7 Å². The lowest BCUT2D eigenvalue weighted by atomic mass is 9.95. The highest BCUT2D eigenvalue weighted by Gasteiger charge is 2.24. The summed E-state index contributed by atoms with van der Waals surface area (Å²) in [5.74, 6) is 0.986. The first-order valence-electron chi connectivity index (χ1n) is 7.83. The molecule has 0 radical (unpaired) electrons. The third kappa shape index (κ3) is 3.95. The van der Waals surface area contributed by atoms with Crippen LogP contribution in [0.15, 0.2) is 11.6 Å². The highest BCUT2D eigenvalue weighted by atomic mass is 32.1. The number of ether oxygens (including phenoxy) is 1. The van der Waals surface area contributed by atoms with Gasteiger partial charge in [-0.1, -0.05) is 0 Å². The fraction of sp³-hybridized carbons (Fsp3) is 0.733. The molecule has 0 aliphatic carbocycles. The molecule has 1 N–H and O–H groups in total. The number of piperidine rings is 1. The zero-order valence-corrected chi connectivity index (χ0v) is 13.1. The molecule has 0 unspecified atom stereocenters. The number of thiazole rings is 1. The van der Waals surface area contributed by atoms with E-state index < -0.39 is 0 Å². The second-order valence-corrected chi connectivity index (χ2v) is 6.75. The van der Waals surface area contributed by atoms with Crippen LogP contribution >= 0.6 is 11.3 Å². The number of hydrogen-bond donors (Lipinski definition) is 1. The topological polar surface area (TPSA) is 54.5 Å². The van der Waals surface area contributed by atoms with Crippen LogP contribution in [0.3, 0.4) is 0 Å². The molecule has 2 fully saturated rings. The van der Waals surface area contributed by atoms with Crippen molar-refractivity contribution < 1.29 is 9.53 Å². The second kappa shape index (κ2) is 7.22. The lowest BCUT2D eigenvalue weighted by molar-refractivity contribution is -0.128. The van der Waals surface area contributed by atoms with E-state index in [1.54, 1.807) is 11.3 Å². The van der Waals surface area contributed by atoms with Crippen molar-refractivity contribution in [2.24, 2.45) is 11.8 Å². The Kier molecular flexibility index (Phi) is 5.08. The molecule has 21 heavy (non-hydrogen) atoms. The molecule has 1 aromatic heterocycles. The summed E-state index contributed by atoms with van der Waals surface area (Å²) in [5.41, 5.74) is 0. The molecule has 1 aromatic rings. The third-order valence-corrected chi connectivity index (χ3v) is 5.29. The molecule has 0 spiro atoms. The van der Waals surface area contributed by atoms with E-state index in [1.165, 1.54) is 0 Å². The first kappa shape index (κ1) is 14.8. The van der Waals surface area contributed by atoms with E-state index in [9.17, 15) is 4.79 Å². The summed E-state index contributed by atoms with van der Waals surface area (Å²) >= 11 is 1.70. The van der Waals surface area contributed by atoms with Gasteiger partial charge >= 0.3 is 0 Å².